The molecule has 6 nitrogen and oxygen atoms in total. The van der Waals surface area contributed by atoms with E-state index in [2.05, 4.69) is 25.9 Å². The summed E-state index contributed by atoms with van der Waals surface area (Å²) in [6.07, 6.45) is -4.17. The minimum absolute atomic E-state index is 0.00920. The monoisotopic (exact) mass is 571 g/mol. The number of rotatable bonds is 4. The molecule has 0 radical (unpaired) electrons. The Morgan fingerprint density at radius 2 is 1.69 bits per heavy atom. The zero-order valence-corrected chi connectivity index (χ0v) is 22.4. The summed E-state index contributed by atoms with van der Waals surface area (Å²) >= 11 is 3.57. The lowest BCUT2D eigenvalue weighted by Crippen LogP contribution is -2.34. The van der Waals surface area contributed by atoms with Crippen molar-refractivity contribution in [3.63, 3.8) is 0 Å². The van der Waals surface area contributed by atoms with Gasteiger partial charge in [-0.3, -0.25) is 0 Å². The second-order valence-corrected chi connectivity index (χ2v) is 11.9. The molecular formula is C24H25BrF3N3O3S. The standard InChI is InChI=1S/C24H25BrF3N3O3S/c1-22(2,3)14-10-7-8-12-16(14)33-19-15(11-9-13-29-19)31(21(32)34-23(4,5)6)20-30-17(18(25)35-20)24(26,27)28/h7-13H,1-6H3. The summed E-state index contributed by atoms with van der Waals surface area (Å²) in [5, 5.41) is -0.250. The Kier molecular flexibility index (Phi) is 7.52. The van der Waals surface area contributed by atoms with Gasteiger partial charge in [-0.15, -0.1) is 0 Å². The normalized spacial score (nSPS) is 12.4. The smallest absolute Gasteiger partial charge is 0.435 e. The maximum Gasteiger partial charge on any atom is 0.435 e. The largest absolute Gasteiger partial charge is 0.443 e. The van der Waals surface area contributed by atoms with Gasteiger partial charge in [0.25, 0.3) is 0 Å². The van der Waals surface area contributed by atoms with Crippen LogP contribution in [0.4, 0.5) is 28.8 Å². The van der Waals surface area contributed by atoms with E-state index in [1.807, 2.05) is 32.9 Å². The Morgan fingerprint density at radius 1 is 1.03 bits per heavy atom. The number of ether oxygens (including phenoxy) is 2. The first-order valence-electron chi connectivity index (χ1n) is 10.6. The number of anilines is 2. The van der Waals surface area contributed by atoms with Crippen LogP contribution in [0.2, 0.25) is 0 Å². The Morgan fingerprint density at radius 3 is 2.26 bits per heavy atom. The van der Waals surface area contributed by atoms with Crippen LogP contribution in [0.5, 0.6) is 11.6 Å². The number of hydrogen-bond acceptors (Lipinski definition) is 6. The van der Waals surface area contributed by atoms with Gasteiger partial charge in [0, 0.05) is 11.8 Å². The van der Waals surface area contributed by atoms with E-state index in [1.54, 1.807) is 39.0 Å². The van der Waals surface area contributed by atoms with Crippen molar-refractivity contribution >= 4 is 44.2 Å². The SMILES string of the molecule is CC(C)(C)OC(=O)N(c1nc(C(F)(F)F)c(Br)s1)c1cccnc1Oc1ccccc1C(C)(C)C. The molecule has 11 heteroatoms. The second kappa shape index (κ2) is 9.77. The Balaban J connectivity index is 2.16. The van der Waals surface area contributed by atoms with Crippen molar-refractivity contribution < 1.29 is 27.4 Å². The maximum atomic E-state index is 13.5. The van der Waals surface area contributed by atoms with Crippen molar-refractivity contribution in [2.45, 2.75) is 58.7 Å². The fourth-order valence-electron chi connectivity index (χ4n) is 3.06. The molecule has 0 aliphatic carbocycles. The van der Waals surface area contributed by atoms with Crippen molar-refractivity contribution in [2.75, 3.05) is 4.90 Å². The molecule has 0 aliphatic heterocycles. The number of pyridine rings is 1. The molecule has 0 N–H and O–H groups in total. The van der Waals surface area contributed by atoms with Gasteiger partial charge in [-0.1, -0.05) is 50.3 Å². The highest BCUT2D eigenvalue weighted by molar-refractivity contribution is 9.11. The molecule has 0 aliphatic rings. The number of halogens is 4. The third-order valence-electron chi connectivity index (χ3n) is 4.50. The molecule has 35 heavy (non-hydrogen) atoms. The van der Waals surface area contributed by atoms with Crippen molar-refractivity contribution in [3.05, 3.63) is 57.6 Å². The molecule has 0 saturated heterocycles. The molecule has 0 saturated carbocycles. The average Bonchev–Trinajstić information content (AvgIpc) is 3.09. The summed E-state index contributed by atoms with van der Waals surface area (Å²) < 4.78 is 51.8. The molecule has 0 fully saturated rings. The first kappa shape index (κ1) is 26.9. The van der Waals surface area contributed by atoms with E-state index in [1.165, 1.54) is 12.3 Å². The number of alkyl halides is 3. The first-order chi connectivity index (χ1) is 16.1. The lowest BCUT2D eigenvalue weighted by atomic mass is 9.86. The molecule has 2 aromatic heterocycles. The molecule has 0 spiro atoms. The second-order valence-electron chi connectivity index (χ2n) is 9.61. The molecule has 188 valence electrons. The van der Waals surface area contributed by atoms with Gasteiger partial charge >= 0.3 is 12.3 Å². The highest BCUT2D eigenvalue weighted by Crippen LogP contribution is 2.45. The summed E-state index contributed by atoms with van der Waals surface area (Å²) in [5.74, 6) is 0.510. The van der Waals surface area contributed by atoms with Gasteiger partial charge in [-0.2, -0.15) is 13.2 Å². The molecule has 1 amide bonds. The highest BCUT2D eigenvalue weighted by atomic mass is 79.9. The van der Waals surface area contributed by atoms with Crippen LogP contribution in [0, 0.1) is 0 Å². The van der Waals surface area contributed by atoms with Crippen LogP contribution >= 0.6 is 27.3 Å². The summed E-state index contributed by atoms with van der Waals surface area (Å²) in [7, 11) is 0. The number of aromatic nitrogens is 2. The maximum absolute atomic E-state index is 13.5. The number of thiazole rings is 1. The minimum Gasteiger partial charge on any atom is -0.443 e. The Bertz CT molecular complexity index is 1220. The number of carbonyl (C=O) groups is 1. The van der Waals surface area contributed by atoms with Crippen molar-refractivity contribution in [3.8, 4) is 11.6 Å². The fraction of sp³-hybridized carbons (Fsp3) is 0.375. The van der Waals surface area contributed by atoms with E-state index in [-0.39, 0.29) is 25.9 Å². The van der Waals surface area contributed by atoms with Crippen molar-refractivity contribution in [1.82, 2.24) is 9.97 Å². The predicted octanol–water partition coefficient (Wildman–Crippen LogP) is 8.48. The molecule has 0 atom stereocenters. The number of carbonyl (C=O) groups excluding carboxylic acids is 1. The quantitative estimate of drug-likeness (QED) is 0.314. The molecule has 0 bridgehead atoms. The van der Waals surface area contributed by atoms with Gasteiger partial charge in [0.1, 0.15) is 20.8 Å². The van der Waals surface area contributed by atoms with Crippen molar-refractivity contribution in [2.24, 2.45) is 0 Å². The summed E-state index contributed by atoms with van der Waals surface area (Å²) in [6.45, 7) is 11.0. The van der Waals surface area contributed by atoms with E-state index < -0.39 is 23.6 Å². The van der Waals surface area contributed by atoms with Crippen LogP contribution < -0.4 is 9.64 Å². The van der Waals surface area contributed by atoms with Gasteiger partial charge in [-0.25, -0.2) is 19.7 Å². The number of hydrogen-bond donors (Lipinski definition) is 0. The Labute approximate surface area is 214 Å². The molecular weight excluding hydrogens is 547 g/mol. The van der Waals surface area contributed by atoms with Crippen molar-refractivity contribution in [1.29, 1.82) is 0 Å². The third kappa shape index (κ3) is 6.52. The lowest BCUT2D eigenvalue weighted by molar-refractivity contribution is -0.141. The zero-order chi connectivity index (χ0) is 26.2. The van der Waals surface area contributed by atoms with Crippen LogP contribution in [0.3, 0.4) is 0 Å². The molecule has 3 aromatic rings. The molecule has 2 heterocycles. The lowest BCUT2D eigenvalue weighted by Gasteiger charge is -2.27. The van der Waals surface area contributed by atoms with Crippen LogP contribution in [-0.2, 0) is 16.3 Å². The summed E-state index contributed by atoms with van der Waals surface area (Å²) in [6, 6.07) is 10.4. The van der Waals surface area contributed by atoms with E-state index >= 15 is 0 Å². The predicted molar refractivity (Wildman–Crippen MR) is 133 cm³/mol. The molecule has 3 rings (SSSR count). The van der Waals surface area contributed by atoms with Crippen LogP contribution in [0.15, 0.2) is 46.4 Å². The Hall–Kier alpha value is -2.66. The van der Waals surface area contributed by atoms with Gasteiger partial charge < -0.3 is 9.47 Å². The van der Waals surface area contributed by atoms with Gasteiger partial charge in [0.2, 0.25) is 11.0 Å². The van der Waals surface area contributed by atoms with Crippen LogP contribution in [-0.4, -0.2) is 21.7 Å². The van der Waals surface area contributed by atoms with Crippen LogP contribution in [0.25, 0.3) is 0 Å². The third-order valence-corrected chi connectivity index (χ3v) is 6.19. The van der Waals surface area contributed by atoms with E-state index in [0.29, 0.717) is 17.1 Å². The van der Waals surface area contributed by atoms with Gasteiger partial charge in [-0.05, 0) is 60.3 Å². The number of nitrogens with zero attached hydrogens (tertiary/aromatic N) is 3. The van der Waals surface area contributed by atoms with E-state index in [4.69, 9.17) is 9.47 Å². The summed E-state index contributed by atoms with van der Waals surface area (Å²) in [4.78, 5) is 22.2. The number of para-hydroxylation sites is 1. The number of amides is 1. The minimum atomic E-state index is -4.72. The summed E-state index contributed by atoms with van der Waals surface area (Å²) in [5.41, 5.74) is -1.36. The topological polar surface area (TPSA) is 64.5 Å². The van der Waals surface area contributed by atoms with Crippen LogP contribution in [0.1, 0.15) is 52.8 Å². The first-order valence-corrected chi connectivity index (χ1v) is 12.2. The molecule has 0 unspecified atom stereocenters. The highest BCUT2D eigenvalue weighted by Gasteiger charge is 2.39. The van der Waals surface area contributed by atoms with E-state index in [0.717, 1.165) is 10.5 Å². The van der Waals surface area contributed by atoms with E-state index in [9.17, 15) is 18.0 Å². The fourth-order valence-corrected chi connectivity index (χ4v) is 4.63. The number of benzene rings is 1. The van der Waals surface area contributed by atoms with Gasteiger partial charge in [0.05, 0.1) is 0 Å². The zero-order valence-electron chi connectivity index (χ0n) is 20.0. The van der Waals surface area contributed by atoms with Gasteiger partial charge in [0.15, 0.2) is 5.69 Å². The molecule has 1 aromatic carbocycles. The average molecular weight is 572 g/mol.